The minimum atomic E-state index is 0.452. The Kier molecular flexibility index (Phi) is 4.25. The normalized spacial score (nSPS) is 27.7. The first-order chi connectivity index (χ1) is 9.32. The van der Waals surface area contributed by atoms with Gasteiger partial charge in [-0.25, -0.2) is 0 Å². The smallest absolute Gasteiger partial charge is 0.0338 e. The fourth-order valence-electron chi connectivity index (χ4n) is 3.77. The monoisotopic (exact) mass is 278 g/mol. The topological polar surface area (TPSA) is 15.3 Å². The molecular weight excluding hydrogens is 252 g/mol. The van der Waals surface area contributed by atoms with E-state index in [1.54, 1.807) is 0 Å². The van der Waals surface area contributed by atoms with Crippen molar-refractivity contribution in [3.63, 3.8) is 0 Å². The van der Waals surface area contributed by atoms with Gasteiger partial charge in [0.1, 0.15) is 0 Å². The van der Waals surface area contributed by atoms with E-state index >= 15 is 0 Å². The van der Waals surface area contributed by atoms with Crippen LogP contribution in [-0.4, -0.2) is 29.6 Å². The van der Waals surface area contributed by atoms with E-state index in [4.69, 9.17) is 0 Å². The van der Waals surface area contributed by atoms with Crippen LogP contribution < -0.4 is 5.32 Å². The molecule has 3 heteroatoms. The van der Waals surface area contributed by atoms with Crippen molar-refractivity contribution in [3.8, 4) is 0 Å². The number of hydrogen-bond donors (Lipinski definition) is 1. The minimum absolute atomic E-state index is 0.452. The molecule has 0 aromatic carbocycles. The second-order valence-electron chi connectivity index (χ2n) is 6.23. The molecule has 1 aromatic rings. The number of thiophene rings is 1. The number of rotatable bonds is 3. The van der Waals surface area contributed by atoms with Gasteiger partial charge in [0.25, 0.3) is 0 Å². The molecule has 1 unspecified atom stereocenters. The quantitative estimate of drug-likeness (QED) is 0.908. The highest BCUT2D eigenvalue weighted by Crippen LogP contribution is 2.37. The zero-order valence-electron chi connectivity index (χ0n) is 12.0. The lowest BCUT2D eigenvalue weighted by Gasteiger charge is -2.52. The lowest BCUT2D eigenvalue weighted by atomic mass is 9.78. The maximum atomic E-state index is 3.80. The Labute approximate surface area is 121 Å². The van der Waals surface area contributed by atoms with Crippen LogP contribution in [0.4, 0.5) is 0 Å². The molecule has 1 spiro atoms. The molecule has 1 saturated carbocycles. The Morgan fingerprint density at radius 3 is 2.89 bits per heavy atom. The van der Waals surface area contributed by atoms with Gasteiger partial charge in [-0.2, -0.15) is 0 Å². The average Bonchev–Trinajstić information content (AvgIpc) is 2.95. The molecule has 1 aromatic heterocycles. The van der Waals surface area contributed by atoms with E-state index in [9.17, 15) is 0 Å². The maximum absolute atomic E-state index is 3.80. The predicted molar refractivity (Wildman–Crippen MR) is 82.6 cm³/mol. The van der Waals surface area contributed by atoms with Crippen LogP contribution in [0.15, 0.2) is 17.5 Å². The van der Waals surface area contributed by atoms with Crippen LogP contribution in [0.25, 0.3) is 0 Å². The van der Waals surface area contributed by atoms with Gasteiger partial charge in [0.05, 0.1) is 0 Å². The van der Waals surface area contributed by atoms with Gasteiger partial charge in [0.2, 0.25) is 0 Å². The minimum Gasteiger partial charge on any atom is -0.311 e. The number of nitrogens with zero attached hydrogens (tertiary/aromatic N) is 1. The molecule has 0 radical (unpaired) electrons. The summed E-state index contributed by atoms with van der Waals surface area (Å²) in [6.45, 7) is 5.90. The first kappa shape index (κ1) is 13.6. The van der Waals surface area contributed by atoms with Gasteiger partial charge in [-0.05, 0) is 30.7 Å². The van der Waals surface area contributed by atoms with Crippen LogP contribution in [0.3, 0.4) is 0 Å². The second kappa shape index (κ2) is 5.94. The summed E-state index contributed by atoms with van der Waals surface area (Å²) in [6, 6.07) is 5.17. The molecule has 2 heterocycles. The van der Waals surface area contributed by atoms with Crippen molar-refractivity contribution in [1.82, 2.24) is 10.2 Å². The largest absolute Gasteiger partial charge is 0.311 e. The molecular formula is C16H26N2S. The molecule has 2 nitrogen and oxygen atoms in total. The second-order valence-corrected chi connectivity index (χ2v) is 7.26. The van der Waals surface area contributed by atoms with Crippen LogP contribution in [0.2, 0.25) is 0 Å². The molecule has 2 aliphatic rings. The van der Waals surface area contributed by atoms with Gasteiger partial charge in [0, 0.05) is 36.1 Å². The molecule has 3 rings (SSSR count). The standard InChI is InChI=1S/C16H26N2S/c1-2-14-11-18(12-15-7-6-10-19-15)16(13-17-14)8-4-3-5-9-16/h6-7,10,14,17H,2-5,8-9,11-13H2,1H3. The van der Waals surface area contributed by atoms with Crippen molar-refractivity contribution in [1.29, 1.82) is 0 Å². The van der Waals surface area contributed by atoms with Crippen LogP contribution in [0.1, 0.15) is 50.3 Å². The Hall–Kier alpha value is -0.380. The van der Waals surface area contributed by atoms with Gasteiger partial charge in [0.15, 0.2) is 0 Å². The SMILES string of the molecule is CCC1CN(Cc2cccs2)C2(CCCCC2)CN1. The van der Waals surface area contributed by atoms with Crippen molar-refractivity contribution >= 4 is 11.3 Å². The van der Waals surface area contributed by atoms with Crippen LogP contribution in [0, 0.1) is 0 Å². The maximum Gasteiger partial charge on any atom is 0.0338 e. The van der Waals surface area contributed by atoms with Crippen molar-refractivity contribution in [2.24, 2.45) is 0 Å². The predicted octanol–water partition coefficient (Wildman–Crippen LogP) is 3.63. The van der Waals surface area contributed by atoms with E-state index in [2.05, 4.69) is 34.7 Å². The zero-order valence-corrected chi connectivity index (χ0v) is 12.8. The molecule has 0 amide bonds. The van der Waals surface area contributed by atoms with Crippen molar-refractivity contribution in [2.75, 3.05) is 13.1 Å². The van der Waals surface area contributed by atoms with Gasteiger partial charge in [-0.1, -0.05) is 32.3 Å². The highest BCUT2D eigenvalue weighted by molar-refractivity contribution is 7.09. The molecule has 106 valence electrons. The lowest BCUT2D eigenvalue weighted by molar-refractivity contribution is 0.00346. The van der Waals surface area contributed by atoms with Crippen molar-refractivity contribution in [2.45, 2.75) is 63.6 Å². The van der Waals surface area contributed by atoms with Crippen LogP contribution in [0.5, 0.6) is 0 Å². The molecule has 2 fully saturated rings. The Morgan fingerprint density at radius 2 is 2.21 bits per heavy atom. The van der Waals surface area contributed by atoms with E-state index in [0.717, 1.165) is 6.54 Å². The molecule has 19 heavy (non-hydrogen) atoms. The Balaban J connectivity index is 1.76. The zero-order chi connectivity index (χ0) is 13.1. The summed E-state index contributed by atoms with van der Waals surface area (Å²) in [6.07, 6.45) is 8.30. The number of nitrogens with one attached hydrogen (secondary N) is 1. The van der Waals surface area contributed by atoms with Gasteiger partial charge in [-0.15, -0.1) is 11.3 Å². The van der Waals surface area contributed by atoms with Crippen LogP contribution in [-0.2, 0) is 6.54 Å². The summed E-state index contributed by atoms with van der Waals surface area (Å²) in [5, 5.41) is 6.01. The molecule has 0 bridgehead atoms. The third-order valence-electron chi connectivity index (χ3n) is 5.04. The summed E-state index contributed by atoms with van der Waals surface area (Å²) < 4.78 is 0. The van der Waals surface area contributed by atoms with E-state index in [1.165, 1.54) is 56.5 Å². The van der Waals surface area contributed by atoms with E-state index in [1.807, 2.05) is 11.3 Å². The van der Waals surface area contributed by atoms with Crippen LogP contribution >= 0.6 is 11.3 Å². The van der Waals surface area contributed by atoms with Crippen molar-refractivity contribution < 1.29 is 0 Å². The fraction of sp³-hybridized carbons (Fsp3) is 0.750. The highest BCUT2D eigenvalue weighted by atomic mass is 32.1. The summed E-state index contributed by atoms with van der Waals surface area (Å²) >= 11 is 1.91. The van der Waals surface area contributed by atoms with Gasteiger partial charge >= 0.3 is 0 Å². The number of piperazine rings is 1. The molecule has 1 aliphatic carbocycles. The van der Waals surface area contributed by atoms with E-state index < -0.39 is 0 Å². The summed E-state index contributed by atoms with van der Waals surface area (Å²) in [5.74, 6) is 0. The van der Waals surface area contributed by atoms with Crippen molar-refractivity contribution in [3.05, 3.63) is 22.4 Å². The Morgan fingerprint density at radius 1 is 1.37 bits per heavy atom. The molecule has 1 saturated heterocycles. The third-order valence-corrected chi connectivity index (χ3v) is 5.90. The summed E-state index contributed by atoms with van der Waals surface area (Å²) in [5.41, 5.74) is 0.452. The lowest BCUT2D eigenvalue weighted by Crippen LogP contribution is -2.64. The molecule has 1 atom stereocenters. The fourth-order valence-corrected chi connectivity index (χ4v) is 4.49. The first-order valence-electron chi connectivity index (χ1n) is 7.83. The third kappa shape index (κ3) is 2.88. The summed E-state index contributed by atoms with van der Waals surface area (Å²) in [4.78, 5) is 4.34. The molecule has 1 N–H and O–H groups in total. The van der Waals surface area contributed by atoms with Gasteiger partial charge in [-0.3, -0.25) is 4.90 Å². The average molecular weight is 278 g/mol. The van der Waals surface area contributed by atoms with Gasteiger partial charge < -0.3 is 5.32 Å². The summed E-state index contributed by atoms with van der Waals surface area (Å²) in [7, 11) is 0. The number of hydrogen-bond acceptors (Lipinski definition) is 3. The Bertz CT molecular complexity index is 381. The van der Waals surface area contributed by atoms with E-state index in [-0.39, 0.29) is 0 Å². The molecule has 1 aliphatic heterocycles. The highest BCUT2D eigenvalue weighted by Gasteiger charge is 2.41. The first-order valence-corrected chi connectivity index (χ1v) is 8.71. The van der Waals surface area contributed by atoms with E-state index in [0.29, 0.717) is 11.6 Å².